The first-order valence-corrected chi connectivity index (χ1v) is 15.3. The maximum absolute atomic E-state index is 15.6. The van der Waals surface area contributed by atoms with Crippen LogP contribution in [0.15, 0.2) is 41.7 Å². The van der Waals surface area contributed by atoms with E-state index in [1.54, 1.807) is 24.4 Å². The monoisotopic (exact) mass is 605 g/mol. The van der Waals surface area contributed by atoms with Crippen LogP contribution in [0.1, 0.15) is 44.9 Å². The molecule has 3 aliphatic carbocycles. The van der Waals surface area contributed by atoms with E-state index < -0.39 is 14.7 Å². The van der Waals surface area contributed by atoms with Gasteiger partial charge in [0, 0.05) is 11.6 Å². The molecule has 2 aromatic heterocycles. The molecule has 0 amide bonds. The van der Waals surface area contributed by atoms with Gasteiger partial charge in [-0.05, 0) is 67.7 Å². The zero-order chi connectivity index (χ0) is 27.3. The van der Waals surface area contributed by atoms with Crippen LogP contribution in [0.5, 0.6) is 5.75 Å². The molecule has 4 atom stereocenters. The van der Waals surface area contributed by atoms with E-state index in [9.17, 15) is 9.50 Å². The van der Waals surface area contributed by atoms with E-state index >= 15 is 4.39 Å². The van der Waals surface area contributed by atoms with E-state index in [4.69, 9.17) is 0 Å². The number of alkyl halides is 1. The third kappa shape index (κ3) is 5.99. The lowest BCUT2D eigenvalue weighted by Crippen LogP contribution is -2.52. The second kappa shape index (κ2) is 10.9. The predicted molar refractivity (Wildman–Crippen MR) is 160 cm³/mol. The summed E-state index contributed by atoms with van der Waals surface area (Å²) in [5.74, 6) is 0.900. The highest BCUT2D eigenvalue weighted by atomic mass is 32.3. The molecule has 39 heavy (non-hydrogen) atoms. The summed E-state index contributed by atoms with van der Waals surface area (Å²) in [4.78, 5) is 10.7. The standard InChI is InChI=1S/C27H29F2N5OS4/c28-20-12-30-24(39-27(36,37)38)11-19(20)15-4-7-18(22(35)10-15)26-31-13-23(32-33-26)34(17-5-6-17)21-9-14-2-1-3-16(8-14)25(21)29/h4,7,10-14,16-17,21,25,35-38H,1-3,5-6,8-9H2/t14-,16+,21+,25-/m1/s1. The van der Waals surface area contributed by atoms with E-state index in [2.05, 4.69) is 63.0 Å². The first-order chi connectivity index (χ1) is 18.7. The Balaban J connectivity index is 1.24. The fourth-order valence-corrected chi connectivity index (χ4v) is 7.51. The molecule has 0 unspecified atom stereocenters. The van der Waals surface area contributed by atoms with Crippen LogP contribution in [0.4, 0.5) is 14.6 Å². The molecular weight excluding hydrogens is 577 g/mol. The number of phenols is 1. The normalized spacial score (nSPS) is 24.9. The van der Waals surface area contributed by atoms with Crippen molar-refractivity contribution in [3.8, 4) is 28.3 Å². The second-order valence-corrected chi connectivity index (χ2v) is 15.9. The molecule has 3 aliphatic rings. The average molecular weight is 606 g/mol. The smallest absolute Gasteiger partial charge is 0.185 e. The van der Waals surface area contributed by atoms with Crippen molar-refractivity contribution in [2.24, 2.45) is 11.8 Å². The Hall–Kier alpha value is -1.76. The molecule has 3 aromatic rings. The fourth-order valence-electron chi connectivity index (χ4n) is 6.10. The Morgan fingerprint density at radius 3 is 2.49 bits per heavy atom. The minimum absolute atomic E-state index is 0.109. The molecule has 0 spiro atoms. The van der Waals surface area contributed by atoms with Gasteiger partial charge in [-0.1, -0.05) is 30.7 Å². The summed E-state index contributed by atoms with van der Waals surface area (Å²) in [5, 5.41) is 20.0. The van der Waals surface area contributed by atoms with Crippen molar-refractivity contribution in [2.75, 3.05) is 4.90 Å². The fraction of sp³-hybridized carbons (Fsp3) is 0.481. The summed E-state index contributed by atoms with van der Waals surface area (Å²) in [7, 11) is 0. The number of thioether (sulfide) groups is 1. The lowest BCUT2D eigenvalue weighted by molar-refractivity contribution is 0.0631. The van der Waals surface area contributed by atoms with Crippen molar-refractivity contribution < 1.29 is 13.9 Å². The molecule has 3 saturated carbocycles. The molecular formula is C27H29F2N5OS4. The number of aromatic hydroxyl groups is 1. The highest BCUT2D eigenvalue weighted by Gasteiger charge is 2.46. The summed E-state index contributed by atoms with van der Waals surface area (Å²) in [6.45, 7) is 0. The number of fused-ring (bicyclic) bond motifs is 2. The van der Waals surface area contributed by atoms with Gasteiger partial charge < -0.3 is 10.0 Å². The summed E-state index contributed by atoms with van der Waals surface area (Å²) in [6, 6.07) is 6.42. The Kier molecular flexibility index (Phi) is 7.67. The van der Waals surface area contributed by atoms with Crippen LogP contribution in [0.25, 0.3) is 22.5 Å². The molecule has 0 saturated heterocycles. The summed E-state index contributed by atoms with van der Waals surface area (Å²) >= 11 is 13.9. The third-order valence-corrected chi connectivity index (χ3v) is 9.48. The molecule has 3 fully saturated rings. The van der Waals surface area contributed by atoms with Crippen molar-refractivity contribution in [3.05, 3.63) is 42.5 Å². The minimum atomic E-state index is -0.985. The van der Waals surface area contributed by atoms with E-state index in [1.165, 1.54) is 12.5 Å². The Morgan fingerprint density at radius 2 is 1.79 bits per heavy atom. The predicted octanol–water partition coefficient (Wildman–Crippen LogP) is 6.82. The minimum Gasteiger partial charge on any atom is -0.507 e. The maximum Gasteiger partial charge on any atom is 0.185 e. The highest BCUT2D eigenvalue weighted by Crippen LogP contribution is 2.46. The van der Waals surface area contributed by atoms with Gasteiger partial charge in [-0.15, -0.1) is 48.1 Å². The van der Waals surface area contributed by atoms with Gasteiger partial charge in [-0.25, -0.2) is 18.7 Å². The van der Waals surface area contributed by atoms with Gasteiger partial charge in [0.15, 0.2) is 14.4 Å². The zero-order valence-corrected chi connectivity index (χ0v) is 24.5. The van der Waals surface area contributed by atoms with Crippen LogP contribution < -0.4 is 4.90 Å². The first kappa shape index (κ1) is 27.4. The van der Waals surface area contributed by atoms with Crippen LogP contribution in [-0.2, 0) is 0 Å². The number of anilines is 1. The number of pyridine rings is 1. The quantitative estimate of drug-likeness (QED) is 0.134. The first-order valence-electron chi connectivity index (χ1n) is 13.1. The van der Waals surface area contributed by atoms with Gasteiger partial charge in [0.25, 0.3) is 0 Å². The molecule has 0 radical (unpaired) electrons. The number of hydrogen-bond acceptors (Lipinski definition) is 10. The van der Waals surface area contributed by atoms with Gasteiger partial charge in [-0.3, -0.25) is 0 Å². The summed E-state index contributed by atoms with van der Waals surface area (Å²) < 4.78 is 29.2. The van der Waals surface area contributed by atoms with Crippen LogP contribution in [0.2, 0.25) is 0 Å². The number of rotatable bonds is 7. The van der Waals surface area contributed by atoms with E-state index in [0.717, 1.165) is 56.5 Å². The Morgan fingerprint density at radius 1 is 0.974 bits per heavy atom. The number of aromatic nitrogens is 4. The molecule has 2 heterocycles. The van der Waals surface area contributed by atoms with Crippen molar-refractivity contribution in [1.29, 1.82) is 0 Å². The molecule has 206 valence electrons. The lowest BCUT2D eigenvalue weighted by atomic mass is 9.69. The molecule has 6 nitrogen and oxygen atoms in total. The largest absolute Gasteiger partial charge is 0.507 e. The Labute approximate surface area is 247 Å². The maximum atomic E-state index is 15.6. The molecule has 6 rings (SSSR count). The Bertz CT molecular complexity index is 1350. The number of benzene rings is 1. The molecule has 1 aromatic carbocycles. The topological polar surface area (TPSA) is 75.0 Å². The van der Waals surface area contributed by atoms with Crippen molar-refractivity contribution in [2.45, 2.75) is 71.0 Å². The van der Waals surface area contributed by atoms with E-state index in [-0.39, 0.29) is 35.1 Å². The van der Waals surface area contributed by atoms with E-state index in [1.807, 2.05) is 0 Å². The molecule has 0 aliphatic heterocycles. The lowest BCUT2D eigenvalue weighted by Gasteiger charge is -2.46. The van der Waals surface area contributed by atoms with Gasteiger partial charge >= 0.3 is 0 Å². The highest BCUT2D eigenvalue weighted by molar-refractivity contribution is 8.36. The van der Waals surface area contributed by atoms with Crippen molar-refractivity contribution in [1.82, 2.24) is 20.2 Å². The number of hydrogen-bond donors (Lipinski definition) is 4. The number of nitrogens with zero attached hydrogens (tertiary/aromatic N) is 5. The third-order valence-electron chi connectivity index (χ3n) is 7.95. The van der Waals surface area contributed by atoms with Crippen molar-refractivity contribution in [3.63, 3.8) is 0 Å². The molecule has 2 bridgehead atoms. The van der Waals surface area contributed by atoms with Gasteiger partial charge in [0.1, 0.15) is 17.7 Å². The number of thiol groups is 3. The van der Waals surface area contributed by atoms with Crippen LogP contribution in [-0.4, -0.2) is 46.3 Å². The van der Waals surface area contributed by atoms with Gasteiger partial charge in [0.05, 0.1) is 29.0 Å². The number of phenolic OH excluding ortho intramolecular Hbond substituents is 1. The van der Waals surface area contributed by atoms with E-state index in [0.29, 0.717) is 27.9 Å². The van der Waals surface area contributed by atoms with Crippen molar-refractivity contribution >= 4 is 55.5 Å². The molecule has 1 N–H and O–H groups in total. The molecule has 12 heteroatoms. The van der Waals surface area contributed by atoms with Crippen LogP contribution in [0.3, 0.4) is 0 Å². The van der Waals surface area contributed by atoms with Gasteiger partial charge in [0.2, 0.25) is 0 Å². The second-order valence-electron chi connectivity index (χ2n) is 10.7. The summed E-state index contributed by atoms with van der Waals surface area (Å²) in [5.41, 5.74) is 1.10. The number of halogens is 2. The SMILES string of the molecule is Oc1cc(-c2cc(SC(S)(S)S)ncc2F)ccc1-c1ncc(N(C2CC2)[C@H]2C[C@@H]3CCC[C@@H](C3)[C@H]2F)nn1. The van der Waals surface area contributed by atoms with Gasteiger partial charge in [-0.2, -0.15) is 0 Å². The van der Waals surface area contributed by atoms with Crippen LogP contribution in [0, 0.1) is 17.7 Å². The van der Waals surface area contributed by atoms with Crippen LogP contribution >= 0.6 is 49.6 Å². The summed E-state index contributed by atoms with van der Waals surface area (Å²) in [6.07, 6.45) is 9.05. The zero-order valence-electron chi connectivity index (χ0n) is 21.0. The average Bonchev–Trinajstić information content (AvgIpc) is 3.73.